The van der Waals surface area contributed by atoms with Crippen LogP contribution in [0.15, 0.2) is 12.1 Å². The van der Waals surface area contributed by atoms with Crippen LogP contribution >= 0.6 is 11.3 Å². The normalized spacial score (nSPS) is 14.6. The third kappa shape index (κ3) is 1.40. The SMILES string of the molecule is CCc1c(CN)sc2cc3c(cc12)CCC3. The van der Waals surface area contributed by atoms with Crippen LogP contribution in [0.1, 0.15) is 34.9 Å². The molecule has 1 heterocycles. The fourth-order valence-electron chi connectivity index (χ4n) is 2.82. The molecule has 2 N–H and O–H groups in total. The fraction of sp³-hybridized carbons (Fsp3) is 0.429. The second-order valence-corrected chi connectivity index (χ2v) is 5.67. The van der Waals surface area contributed by atoms with E-state index in [4.69, 9.17) is 5.73 Å². The smallest absolute Gasteiger partial charge is 0.0351 e. The summed E-state index contributed by atoms with van der Waals surface area (Å²) in [5.74, 6) is 0. The third-order valence-electron chi connectivity index (χ3n) is 3.63. The van der Waals surface area contributed by atoms with Crippen LogP contribution < -0.4 is 5.73 Å². The molecule has 0 unspecified atom stereocenters. The molecule has 84 valence electrons. The predicted octanol–water partition coefficient (Wildman–Crippen LogP) is 3.41. The van der Waals surface area contributed by atoms with Gasteiger partial charge >= 0.3 is 0 Å². The van der Waals surface area contributed by atoms with Crippen molar-refractivity contribution in [1.82, 2.24) is 0 Å². The Hall–Kier alpha value is -0.860. The Bertz CT molecular complexity index is 539. The Balaban J connectivity index is 2.28. The lowest BCUT2D eigenvalue weighted by Gasteiger charge is -2.01. The van der Waals surface area contributed by atoms with Gasteiger partial charge in [-0.25, -0.2) is 0 Å². The number of thiophene rings is 1. The van der Waals surface area contributed by atoms with Crippen LogP contribution in [0.25, 0.3) is 10.1 Å². The van der Waals surface area contributed by atoms with Gasteiger partial charge in [0.2, 0.25) is 0 Å². The van der Waals surface area contributed by atoms with Crippen molar-refractivity contribution < 1.29 is 0 Å². The molecule has 0 radical (unpaired) electrons. The maximum Gasteiger partial charge on any atom is 0.0351 e. The van der Waals surface area contributed by atoms with E-state index in [1.54, 1.807) is 11.1 Å². The van der Waals surface area contributed by atoms with E-state index in [1.807, 2.05) is 11.3 Å². The van der Waals surface area contributed by atoms with Crippen LogP contribution in [0, 0.1) is 0 Å². The van der Waals surface area contributed by atoms with Gasteiger partial charge in [-0.1, -0.05) is 6.92 Å². The number of hydrogen-bond donors (Lipinski definition) is 1. The fourth-order valence-corrected chi connectivity index (χ4v) is 4.04. The third-order valence-corrected chi connectivity index (χ3v) is 4.84. The summed E-state index contributed by atoms with van der Waals surface area (Å²) in [6.45, 7) is 2.92. The lowest BCUT2D eigenvalue weighted by atomic mass is 10.0. The maximum atomic E-state index is 5.82. The number of nitrogens with two attached hydrogens (primary N) is 1. The van der Waals surface area contributed by atoms with Gasteiger partial charge < -0.3 is 5.73 Å². The summed E-state index contributed by atoms with van der Waals surface area (Å²) in [6, 6.07) is 4.83. The molecule has 1 nitrogen and oxygen atoms in total. The van der Waals surface area contributed by atoms with Crippen molar-refractivity contribution in [2.45, 2.75) is 39.2 Å². The Kier molecular flexibility index (Phi) is 2.49. The molecule has 0 amide bonds. The molecule has 1 aromatic heterocycles. The lowest BCUT2D eigenvalue weighted by molar-refractivity contribution is 0.912. The van der Waals surface area contributed by atoms with Crippen molar-refractivity contribution in [2.75, 3.05) is 0 Å². The second-order valence-electron chi connectivity index (χ2n) is 4.53. The van der Waals surface area contributed by atoms with E-state index in [9.17, 15) is 0 Å². The van der Waals surface area contributed by atoms with Crippen LogP contribution in [0.3, 0.4) is 0 Å². The molecule has 0 spiro atoms. The highest BCUT2D eigenvalue weighted by Gasteiger charge is 2.16. The first-order valence-electron chi connectivity index (χ1n) is 6.09. The first-order valence-corrected chi connectivity index (χ1v) is 6.91. The van der Waals surface area contributed by atoms with E-state index in [0.717, 1.165) is 6.42 Å². The van der Waals surface area contributed by atoms with E-state index in [1.165, 1.54) is 39.8 Å². The van der Waals surface area contributed by atoms with Gasteiger partial charge in [-0.15, -0.1) is 11.3 Å². The highest BCUT2D eigenvalue weighted by Crippen LogP contribution is 2.36. The molecule has 0 saturated carbocycles. The van der Waals surface area contributed by atoms with Gasteiger partial charge in [0, 0.05) is 16.1 Å². The van der Waals surface area contributed by atoms with Gasteiger partial charge in [-0.05, 0) is 59.9 Å². The quantitative estimate of drug-likeness (QED) is 0.842. The van der Waals surface area contributed by atoms with Gasteiger partial charge in [-0.2, -0.15) is 0 Å². The molecule has 1 aliphatic rings. The van der Waals surface area contributed by atoms with Gasteiger partial charge in [-0.3, -0.25) is 0 Å². The molecule has 2 heteroatoms. The molecular weight excluding hydrogens is 214 g/mol. The van der Waals surface area contributed by atoms with Crippen LogP contribution in [0.5, 0.6) is 0 Å². The van der Waals surface area contributed by atoms with E-state index in [-0.39, 0.29) is 0 Å². The summed E-state index contributed by atoms with van der Waals surface area (Å²) in [7, 11) is 0. The van der Waals surface area contributed by atoms with Gasteiger partial charge in [0.1, 0.15) is 0 Å². The van der Waals surface area contributed by atoms with Crippen LogP contribution in [-0.2, 0) is 25.8 Å². The molecular formula is C14H17NS. The highest BCUT2D eigenvalue weighted by atomic mass is 32.1. The Labute approximate surface area is 100 Å². The van der Waals surface area contributed by atoms with E-state index in [2.05, 4.69) is 19.1 Å². The Morgan fingerprint density at radius 3 is 2.69 bits per heavy atom. The van der Waals surface area contributed by atoms with Crippen LogP contribution in [-0.4, -0.2) is 0 Å². The lowest BCUT2D eigenvalue weighted by Crippen LogP contribution is -1.96. The highest BCUT2D eigenvalue weighted by molar-refractivity contribution is 7.19. The van der Waals surface area contributed by atoms with Crippen molar-refractivity contribution in [3.05, 3.63) is 33.7 Å². The number of benzene rings is 1. The number of fused-ring (bicyclic) bond motifs is 2. The number of rotatable bonds is 2. The summed E-state index contributed by atoms with van der Waals surface area (Å²) in [5.41, 5.74) is 10.4. The van der Waals surface area contributed by atoms with E-state index in [0.29, 0.717) is 6.54 Å². The van der Waals surface area contributed by atoms with Crippen LogP contribution in [0.2, 0.25) is 0 Å². The summed E-state index contributed by atoms with van der Waals surface area (Å²) in [4.78, 5) is 1.38. The summed E-state index contributed by atoms with van der Waals surface area (Å²) in [6.07, 6.45) is 4.97. The maximum absolute atomic E-state index is 5.82. The summed E-state index contributed by atoms with van der Waals surface area (Å²) in [5, 5.41) is 1.47. The minimum absolute atomic E-state index is 0.688. The predicted molar refractivity (Wildman–Crippen MR) is 71.1 cm³/mol. The van der Waals surface area contributed by atoms with Crippen molar-refractivity contribution in [3.63, 3.8) is 0 Å². The minimum Gasteiger partial charge on any atom is -0.326 e. The Morgan fingerprint density at radius 2 is 2.00 bits per heavy atom. The molecule has 0 bridgehead atoms. The zero-order valence-electron chi connectivity index (χ0n) is 9.68. The Morgan fingerprint density at radius 1 is 1.25 bits per heavy atom. The largest absolute Gasteiger partial charge is 0.326 e. The topological polar surface area (TPSA) is 26.0 Å². The molecule has 0 fully saturated rings. The molecule has 1 aliphatic carbocycles. The zero-order chi connectivity index (χ0) is 11.1. The number of hydrogen-bond acceptors (Lipinski definition) is 2. The minimum atomic E-state index is 0.688. The average molecular weight is 231 g/mol. The van der Waals surface area contributed by atoms with Crippen molar-refractivity contribution in [3.8, 4) is 0 Å². The summed E-state index contributed by atoms with van der Waals surface area (Å²) < 4.78 is 1.44. The van der Waals surface area contributed by atoms with Crippen LogP contribution in [0.4, 0.5) is 0 Å². The first kappa shape index (κ1) is 10.3. The van der Waals surface area contributed by atoms with Crippen molar-refractivity contribution in [2.24, 2.45) is 5.73 Å². The first-order chi connectivity index (χ1) is 7.83. The van der Waals surface area contributed by atoms with Gasteiger partial charge in [0.15, 0.2) is 0 Å². The monoisotopic (exact) mass is 231 g/mol. The molecule has 2 aromatic rings. The zero-order valence-corrected chi connectivity index (χ0v) is 10.5. The molecule has 16 heavy (non-hydrogen) atoms. The standard InChI is InChI=1S/C14H17NS/c1-2-11-12-6-9-4-3-5-10(9)7-13(12)16-14(11)8-15/h6-7H,2-5,8,15H2,1H3. The molecule has 1 aromatic carbocycles. The molecule has 0 atom stereocenters. The summed E-state index contributed by atoms with van der Waals surface area (Å²) >= 11 is 1.89. The van der Waals surface area contributed by atoms with Crippen molar-refractivity contribution >= 4 is 21.4 Å². The number of aryl methyl sites for hydroxylation is 3. The molecule has 0 saturated heterocycles. The second kappa shape index (κ2) is 3.86. The van der Waals surface area contributed by atoms with E-state index < -0.39 is 0 Å². The van der Waals surface area contributed by atoms with E-state index >= 15 is 0 Å². The van der Waals surface area contributed by atoms with Gasteiger partial charge in [0.05, 0.1) is 0 Å². The average Bonchev–Trinajstić information content (AvgIpc) is 2.87. The van der Waals surface area contributed by atoms with Gasteiger partial charge in [0.25, 0.3) is 0 Å². The molecule has 0 aliphatic heterocycles. The van der Waals surface area contributed by atoms with Crippen molar-refractivity contribution in [1.29, 1.82) is 0 Å². The molecule has 3 rings (SSSR count).